The van der Waals surface area contributed by atoms with Gasteiger partial charge in [0.1, 0.15) is 17.1 Å². The molecule has 0 spiro atoms. The lowest BCUT2D eigenvalue weighted by Crippen LogP contribution is -2.04. The van der Waals surface area contributed by atoms with E-state index >= 15 is 0 Å². The lowest BCUT2D eigenvalue weighted by Gasteiger charge is -2.16. The predicted octanol–water partition coefficient (Wildman–Crippen LogP) is 5.88. The van der Waals surface area contributed by atoms with Crippen molar-refractivity contribution in [2.24, 2.45) is 0 Å². The highest BCUT2D eigenvalue weighted by molar-refractivity contribution is 5.98. The van der Waals surface area contributed by atoms with Gasteiger partial charge >= 0.3 is 0 Å². The Morgan fingerprint density at radius 1 is 0.833 bits per heavy atom. The Morgan fingerprint density at radius 2 is 1.60 bits per heavy atom. The van der Waals surface area contributed by atoms with Gasteiger partial charge in [-0.15, -0.1) is 10.2 Å². The summed E-state index contributed by atoms with van der Waals surface area (Å²) in [5, 5.41) is 10.3. The fraction of sp³-hybridized carbons (Fsp3) is 0.154. The summed E-state index contributed by atoms with van der Waals surface area (Å²) in [7, 11) is 1.70. The summed E-state index contributed by atoms with van der Waals surface area (Å²) in [6.07, 6.45) is 2.18. The van der Waals surface area contributed by atoms with Crippen LogP contribution in [-0.2, 0) is 6.54 Å². The van der Waals surface area contributed by atoms with Crippen LogP contribution in [0, 0.1) is 13.8 Å². The molecule has 4 nitrogen and oxygen atoms in total. The van der Waals surface area contributed by atoms with Gasteiger partial charge < -0.3 is 9.30 Å². The van der Waals surface area contributed by atoms with E-state index in [0.29, 0.717) is 0 Å². The van der Waals surface area contributed by atoms with Crippen LogP contribution in [0.5, 0.6) is 5.75 Å². The van der Waals surface area contributed by atoms with Crippen LogP contribution >= 0.6 is 0 Å². The van der Waals surface area contributed by atoms with Crippen molar-refractivity contribution in [1.82, 2.24) is 14.8 Å². The van der Waals surface area contributed by atoms with E-state index in [0.717, 1.165) is 45.7 Å². The number of hydrogen-bond donors (Lipinski definition) is 0. The summed E-state index contributed by atoms with van der Waals surface area (Å²) < 4.78 is 7.70. The van der Waals surface area contributed by atoms with Crippen LogP contribution < -0.4 is 4.74 Å². The maximum absolute atomic E-state index is 5.41. The fourth-order valence-electron chi connectivity index (χ4n) is 3.98. The molecule has 148 valence electrons. The minimum Gasteiger partial charge on any atom is -0.497 e. The molecule has 4 heteroatoms. The summed E-state index contributed by atoms with van der Waals surface area (Å²) in [5.74, 6) is 0.867. The fourth-order valence-corrected chi connectivity index (χ4v) is 3.98. The Hall–Kier alpha value is -3.66. The van der Waals surface area contributed by atoms with E-state index in [-0.39, 0.29) is 0 Å². The number of aromatic nitrogens is 3. The third-order valence-electron chi connectivity index (χ3n) is 5.57. The van der Waals surface area contributed by atoms with Crippen molar-refractivity contribution in [3.8, 4) is 28.3 Å². The van der Waals surface area contributed by atoms with E-state index in [4.69, 9.17) is 4.74 Å². The van der Waals surface area contributed by atoms with Crippen LogP contribution in [0.2, 0.25) is 0 Å². The van der Waals surface area contributed by atoms with Gasteiger partial charge in [-0.2, -0.15) is 0 Å². The highest BCUT2D eigenvalue weighted by Crippen LogP contribution is 2.37. The van der Waals surface area contributed by atoms with Crippen LogP contribution in [-0.4, -0.2) is 21.9 Å². The number of benzene rings is 3. The smallest absolute Gasteiger partial charge is 0.119 e. The summed E-state index contributed by atoms with van der Waals surface area (Å²) >= 11 is 0. The van der Waals surface area contributed by atoms with Crippen molar-refractivity contribution in [1.29, 1.82) is 0 Å². The van der Waals surface area contributed by atoms with E-state index < -0.39 is 0 Å². The van der Waals surface area contributed by atoms with Crippen molar-refractivity contribution in [2.75, 3.05) is 7.11 Å². The van der Waals surface area contributed by atoms with Gasteiger partial charge in [0.05, 0.1) is 12.6 Å². The molecule has 0 amide bonds. The maximum atomic E-state index is 5.41. The molecule has 0 saturated heterocycles. The Bertz CT molecular complexity index is 1320. The van der Waals surface area contributed by atoms with E-state index in [1.54, 1.807) is 7.11 Å². The minimum absolute atomic E-state index is 0.741. The summed E-state index contributed by atoms with van der Waals surface area (Å²) in [6, 6.07) is 23.2. The number of ether oxygens (including phenoxy) is 1. The minimum atomic E-state index is 0.741. The molecule has 5 rings (SSSR count). The van der Waals surface area contributed by atoms with Crippen LogP contribution in [0.25, 0.3) is 33.4 Å². The standard InChI is InChI=1S/C26H23N3O/c1-17-7-10-20(11-8-17)25-23-16-29(15-19-5-4-6-21(14-19)30-3)24-12-9-18(2)13-22(24)26(23)28-27-25/h4-14,16H,15H2,1-3H3. The molecule has 0 N–H and O–H groups in total. The van der Waals surface area contributed by atoms with Gasteiger partial charge in [-0.25, -0.2) is 0 Å². The summed E-state index contributed by atoms with van der Waals surface area (Å²) in [5.41, 5.74) is 8.80. The Balaban J connectivity index is 1.71. The van der Waals surface area contributed by atoms with Crippen LogP contribution in [0.15, 0.2) is 72.9 Å². The van der Waals surface area contributed by atoms with E-state index in [2.05, 4.69) is 89.4 Å². The number of aryl methyl sites for hydroxylation is 2. The Labute approximate surface area is 176 Å². The first-order valence-electron chi connectivity index (χ1n) is 10.1. The molecule has 30 heavy (non-hydrogen) atoms. The largest absolute Gasteiger partial charge is 0.497 e. The molecular formula is C26H23N3O. The van der Waals surface area contributed by atoms with E-state index in [1.165, 1.54) is 16.7 Å². The molecule has 0 saturated carbocycles. The van der Waals surface area contributed by atoms with Gasteiger partial charge in [0.2, 0.25) is 0 Å². The van der Waals surface area contributed by atoms with Crippen molar-refractivity contribution in [3.63, 3.8) is 0 Å². The highest BCUT2D eigenvalue weighted by atomic mass is 16.5. The molecule has 0 fully saturated rings. The Morgan fingerprint density at radius 3 is 2.40 bits per heavy atom. The number of hydrogen-bond acceptors (Lipinski definition) is 3. The van der Waals surface area contributed by atoms with Gasteiger partial charge in [-0.05, 0) is 43.7 Å². The molecule has 0 radical (unpaired) electrons. The lowest BCUT2D eigenvalue weighted by atomic mass is 10.00. The average molecular weight is 393 g/mol. The maximum Gasteiger partial charge on any atom is 0.119 e. The van der Waals surface area contributed by atoms with Crippen LogP contribution in [0.4, 0.5) is 0 Å². The monoisotopic (exact) mass is 393 g/mol. The second-order valence-electron chi connectivity index (χ2n) is 7.81. The molecule has 0 aliphatic carbocycles. The van der Waals surface area contributed by atoms with Gasteiger partial charge in [-0.3, -0.25) is 0 Å². The van der Waals surface area contributed by atoms with Gasteiger partial charge in [-0.1, -0.05) is 53.6 Å². The molecule has 2 aliphatic heterocycles. The third kappa shape index (κ3) is 3.20. The highest BCUT2D eigenvalue weighted by Gasteiger charge is 2.20. The first-order valence-corrected chi connectivity index (χ1v) is 10.1. The van der Waals surface area contributed by atoms with Crippen LogP contribution in [0.3, 0.4) is 0 Å². The number of fused-ring (bicyclic) bond motifs is 3. The summed E-state index contributed by atoms with van der Waals surface area (Å²) in [6.45, 7) is 4.95. The molecule has 2 heterocycles. The van der Waals surface area contributed by atoms with Crippen molar-refractivity contribution in [2.45, 2.75) is 20.4 Å². The molecule has 0 aromatic heterocycles. The van der Waals surface area contributed by atoms with Gasteiger partial charge in [0.15, 0.2) is 0 Å². The SMILES string of the molecule is COc1cccc(Cn2cc3c(-c4ccc(C)cc4)nnc-3c3cc(C)ccc32)c1. The predicted molar refractivity (Wildman–Crippen MR) is 121 cm³/mol. The first-order chi connectivity index (χ1) is 14.6. The van der Waals surface area contributed by atoms with Crippen LogP contribution in [0.1, 0.15) is 16.7 Å². The zero-order valence-electron chi connectivity index (χ0n) is 17.4. The topological polar surface area (TPSA) is 39.9 Å². The average Bonchev–Trinajstić information content (AvgIpc) is 3.18. The molecule has 3 aromatic rings. The van der Waals surface area contributed by atoms with Crippen molar-refractivity contribution in [3.05, 3.63) is 89.6 Å². The van der Waals surface area contributed by atoms with Crippen molar-refractivity contribution < 1.29 is 4.74 Å². The summed E-state index contributed by atoms with van der Waals surface area (Å²) in [4.78, 5) is 0. The van der Waals surface area contributed by atoms with Gasteiger partial charge in [0, 0.05) is 29.3 Å². The molecule has 3 aromatic carbocycles. The number of rotatable bonds is 4. The zero-order valence-corrected chi connectivity index (χ0v) is 17.4. The normalized spacial score (nSPS) is 11.3. The molecular weight excluding hydrogens is 370 g/mol. The van der Waals surface area contributed by atoms with E-state index in [1.807, 2.05) is 12.1 Å². The first kappa shape index (κ1) is 18.4. The second kappa shape index (κ2) is 7.30. The van der Waals surface area contributed by atoms with Crippen molar-refractivity contribution >= 4 is 10.9 Å². The lowest BCUT2D eigenvalue weighted by molar-refractivity contribution is 0.414. The molecule has 0 bridgehead atoms. The molecule has 0 atom stereocenters. The number of nitrogens with zero attached hydrogens (tertiary/aromatic N) is 3. The zero-order chi connectivity index (χ0) is 20.7. The third-order valence-corrected chi connectivity index (χ3v) is 5.57. The molecule has 0 unspecified atom stereocenters. The molecule has 2 aliphatic rings. The Kier molecular flexibility index (Phi) is 4.47. The van der Waals surface area contributed by atoms with Gasteiger partial charge in [0.25, 0.3) is 0 Å². The quantitative estimate of drug-likeness (QED) is 0.383. The second-order valence-corrected chi connectivity index (χ2v) is 7.81. The van der Waals surface area contributed by atoms with E-state index in [9.17, 15) is 0 Å². The number of pyridine rings is 1. The number of methoxy groups -OCH3 is 1.